The SMILES string of the molecule is COc1cc(C2Oc3c(OC)cc(-c4cc(=O)c5ccc(O)cc5o4)cc3OC2CO)ccc1O. The summed E-state index contributed by atoms with van der Waals surface area (Å²) in [6.45, 7) is -0.357. The van der Waals surface area contributed by atoms with Crippen LogP contribution in [0.1, 0.15) is 11.7 Å². The smallest absolute Gasteiger partial charge is 0.204 e. The Morgan fingerprint density at radius 2 is 1.71 bits per heavy atom. The molecule has 0 saturated heterocycles. The van der Waals surface area contributed by atoms with Gasteiger partial charge in [0.05, 0.1) is 26.2 Å². The van der Waals surface area contributed by atoms with E-state index in [-0.39, 0.29) is 40.6 Å². The number of fused-ring (bicyclic) bond motifs is 2. The first-order valence-electron chi connectivity index (χ1n) is 10.7. The zero-order valence-electron chi connectivity index (χ0n) is 18.8. The molecule has 9 heteroatoms. The van der Waals surface area contributed by atoms with Crippen LogP contribution in [0.15, 0.2) is 63.8 Å². The average Bonchev–Trinajstić information content (AvgIpc) is 2.87. The van der Waals surface area contributed by atoms with Gasteiger partial charge in [0.15, 0.2) is 40.6 Å². The fraction of sp³-hybridized carbons (Fsp3) is 0.192. The number of phenolic OH excluding ortho intramolecular Hbond substituents is 2. The number of aliphatic hydroxyl groups excluding tert-OH is 1. The van der Waals surface area contributed by atoms with E-state index < -0.39 is 12.2 Å². The van der Waals surface area contributed by atoms with Crippen LogP contribution in [-0.4, -0.2) is 42.3 Å². The maximum Gasteiger partial charge on any atom is 0.204 e. The summed E-state index contributed by atoms with van der Waals surface area (Å²) >= 11 is 0. The number of ether oxygens (including phenoxy) is 4. The number of hydrogen-bond donors (Lipinski definition) is 3. The van der Waals surface area contributed by atoms with Crippen LogP contribution in [0.5, 0.6) is 34.5 Å². The largest absolute Gasteiger partial charge is 0.508 e. The minimum Gasteiger partial charge on any atom is -0.508 e. The molecule has 180 valence electrons. The highest BCUT2D eigenvalue weighted by atomic mass is 16.6. The molecule has 3 N–H and O–H groups in total. The molecule has 0 spiro atoms. The molecule has 1 aromatic heterocycles. The van der Waals surface area contributed by atoms with Crippen LogP contribution >= 0.6 is 0 Å². The van der Waals surface area contributed by atoms with E-state index in [4.69, 9.17) is 23.4 Å². The Morgan fingerprint density at radius 1 is 0.914 bits per heavy atom. The normalized spacial score (nSPS) is 16.8. The van der Waals surface area contributed by atoms with Gasteiger partial charge in [-0.15, -0.1) is 0 Å². The molecule has 5 rings (SSSR count). The molecule has 35 heavy (non-hydrogen) atoms. The van der Waals surface area contributed by atoms with E-state index in [1.54, 1.807) is 24.3 Å². The highest BCUT2D eigenvalue weighted by Gasteiger charge is 2.35. The molecule has 0 aliphatic carbocycles. The Morgan fingerprint density at radius 3 is 2.46 bits per heavy atom. The van der Waals surface area contributed by atoms with Crippen molar-refractivity contribution in [2.24, 2.45) is 0 Å². The van der Waals surface area contributed by atoms with Crippen LogP contribution < -0.4 is 24.4 Å². The predicted molar refractivity (Wildman–Crippen MR) is 126 cm³/mol. The molecule has 0 bridgehead atoms. The van der Waals surface area contributed by atoms with Crippen LogP contribution in [0.4, 0.5) is 0 Å². The first-order valence-corrected chi connectivity index (χ1v) is 10.7. The predicted octanol–water partition coefficient (Wildman–Crippen LogP) is 3.76. The number of rotatable bonds is 5. The second-order valence-corrected chi connectivity index (χ2v) is 7.97. The molecule has 2 atom stereocenters. The standard InChI is InChI=1S/C26H22O9/c1-31-21-7-13(3-6-17(21)29)25-24(12-27)34-23-9-14(8-22(32-2)26(23)35-25)19-11-18(30)16-5-4-15(28)10-20(16)33-19/h3-11,24-25,27-29H,12H2,1-2H3. The van der Waals surface area contributed by atoms with Gasteiger partial charge in [0.25, 0.3) is 0 Å². The van der Waals surface area contributed by atoms with Gasteiger partial charge in [0.2, 0.25) is 5.75 Å². The summed E-state index contributed by atoms with van der Waals surface area (Å²) in [4.78, 5) is 12.6. The number of benzene rings is 3. The zero-order valence-corrected chi connectivity index (χ0v) is 18.8. The molecule has 2 heterocycles. The third-order valence-electron chi connectivity index (χ3n) is 5.81. The summed E-state index contributed by atoms with van der Waals surface area (Å²) < 4.78 is 28.9. The lowest BCUT2D eigenvalue weighted by Crippen LogP contribution is -2.36. The number of methoxy groups -OCH3 is 2. The van der Waals surface area contributed by atoms with Crippen molar-refractivity contribution < 1.29 is 38.7 Å². The van der Waals surface area contributed by atoms with Gasteiger partial charge in [-0.25, -0.2) is 0 Å². The lowest BCUT2D eigenvalue weighted by molar-refractivity contribution is -0.0140. The Hall–Kier alpha value is -4.37. The van der Waals surface area contributed by atoms with E-state index >= 15 is 0 Å². The summed E-state index contributed by atoms with van der Waals surface area (Å²) in [5.74, 6) is 1.36. The van der Waals surface area contributed by atoms with Gasteiger partial charge in [-0.2, -0.15) is 0 Å². The number of aromatic hydroxyl groups is 2. The van der Waals surface area contributed by atoms with Crippen molar-refractivity contribution in [2.45, 2.75) is 12.2 Å². The van der Waals surface area contributed by atoms with Gasteiger partial charge in [0, 0.05) is 23.3 Å². The fourth-order valence-corrected chi connectivity index (χ4v) is 4.07. The topological polar surface area (TPSA) is 128 Å². The third kappa shape index (κ3) is 3.95. The summed E-state index contributed by atoms with van der Waals surface area (Å²) in [5.41, 5.74) is 1.06. The van der Waals surface area contributed by atoms with Gasteiger partial charge >= 0.3 is 0 Å². The maximum absolute atomic E-state index is 12.6. The molecule has 1 aliphatic heterocycles. The van der Waals surface area contributed by atoms with Crippen molar-refractivity contribution in [2.75, 3.05) is 20.8 Å². The lowest BCUT2D eigenvalue weighted by atomic mass is 10.0. The van der Waals surface area contributed by atoms with Gasteiger partial charge < -0.3 is 38.7 Å². The van der Waals surface area contributed by atoms with Crippen molar-refractivity contribution in [3.05, 3.63) is 70.4 Å². The summed E-state index contributed by atoms with van der Waals surface area (Å²) in [6.07, 6.45) is -1.50. The Balaban J connectivity index is 1.59. The summed E-state index contributed by atoms with van der Waals surface area (Å²) in [6, 6.07) is 13.6. The van der Waals surface area contributed by atoms with Crippen molar-refractivity contribution >= 4 is 11.0 Å². The maximum atomic E-state index is 12.6. The van der Waals surface area contributed by atoms with Gasteiger partial charge in [0.1, 0.15) is 17.1 Å². The Kier molecular flexibility index (Phi) is 5.62. The van der Waals surface area contributed by atoms with E-state index in [2.05, 4.69) is 0 Å². The van der Waals surface area contributed by atoms with Crippen molar-refractivity contribution in [1.29, 1.82) is 0 Å². The van der Waals surface area contributed by atoms with Crippen molar-refractivity contribution in [3.63, 3.8) is 0 Å². The minimum atomic E-state index is -0.780. The van der Waals surface area contributed by atoms with Gasteiger partial charge in [-0.3, -0.25) is 4.79 Å². The van der Waals surface area contributed by atoms with Crippen LogP contribution in [-0.2, 0) is 0 Å². The average molecular weight is 478 g/mol. The summed E-state index contributed by atoms with van der Waals surface area (Å²) in [5, 5.41) is 30.1. The van der Waals surface area contributed by atoms with E-state index in [0.717, 1.165) is 0 Å². The van der Waals surface area contributed by atoms with Gasteiger partial charge in [-0.05, 0) is 36.4 Å². The molecule has 1 aliphatic rings. The molecule has 0 fully saturated rings. The quantitative estimate of drug-likeness (QED) is 0.393. The highest BCUT2D eigenvalue weighted by molar-refractivity contribution is 5.80. The molecule has 0 saturated carbocycles. The van der Waals surface area contributed by atoms with E-state index in [1.807, 2.05) is 0 Å². The Bertz CT molecular complexity index is 1470. The third-order valence-corrected chi connectivity index (χ3v) is 5.81. The lowest BCUT2D eigenvalue weighted by Gasteiger charge is -2.34. The zero-order chi connectivity index (χ0) is 24.7. The molecule has 0 radical (unpaired) electrons. The van der Waals surface area contributed by atoms with Crippen LogP contribution in [0.25, 0.3) is 22.3 Å². The first kappa shape index (κ1) is 22.4. The molecular weight excluding hydrogens is 456 g/mol. The molecule has 9 nitrogen and oxygen atoms in total. The van der Waals surface area contributed by atoms with E-state index in [9.17, 15) is 20.1 Å². The fourth-order valence-electron chi connectivity index (χ4n) is 4.07. The molecular formula is C26H22O9. The molecule has 4 aromatic rings. The van der Waals surface area contributed by atoms with Gasteiger partial charge in [-0.1, -0.05) is 6.07 Å². The highest BCUT2D eigenvalue weighted by Crippen LogP contribution is 2.48. The van der Waals surface area contributed by atoms with Crippen molar-refractivity contribution in [3.8, 4) is 45.8 Å². The number of phenols is 2. The monoisotopic (exact) mass is 478 g/mol. The Labute approximate surface area is 199 Å². The first-order chi connectivity index (χ1) is 16.9. The number of hydrogen-bond acceptors (Lipinski definition) is 9. The second-order valence-electron chi connectivity index (χ2n) is 7.97. The molecule has 0 amide bonds. The van der Waals surface area contributed by atoms with Crippen LogP contribution in [0.2, 0.25) is 0 Å². The van der Waals surface area contributed by atoms with Crippen LogP contribution in [0, 0.1) is 0 Å². The van der Waals surface area contributed by atoms with Crippen molar-refractivity contribution in [1.82, 2.24) is 0 Å². The number of aliphatic hydroxyl groups is 1. The van der Waals surface area contributed by atoms with Crippen LogP contribution in [0.3, 0.4) is 0 Å². The summed E-state index contributed by atoms with van der Waals surface area (Å²) in [7, 11) is 2.90. The molecule has 2 unspecified atom stereocenters. The minimum absolute atomic E-state index is 0.0265. The van der Waals surface area contributed by atoms with E-state index in [0.29, 0.717) is 33.8 Å². The second kappa shape index (κ2) is 8.77. The van der Waals surface area contributed by atoms with E-state index in [1.165, 1.54) is 44.6 Å². The molecule has 3 aromatic carbocycles.